The van der Waals surface area contributed by atoms with Gasteiger partial charge in [-0.05, 0) is 18.2 Å². The molecule has 2 N–H and O–H groups in total. The molecule has 6 heteroatoms. The molecule has 0 aliphatic carbocycles. The van der Waals surface area contributed by atoms with Crippen molar-refractivity contribution in [2.75, 3.05) is 19.8 Å². The Hall–Kier alpha value is -2.34. The van der Waals surface area contributed by atoms with Crippen LogP contribution in [0.4, 0.5) is 0 Å². The molecule has 0 radical (unpaired) electrons. The number of H-pyrrole nitrogens is 1. The first-order valence-electron chi connectivity index (χ1n) is 6.36. The third kappa shape index (κ3) is 2.04. The van der Waals surface area contributed by atoms with E-state index in [-0.39, 0.29) is 19.1 Å². The van der Waals surface area contributed by atoms with E-state index in [2.05, 4.69) is 4.98 Å². The van der Waals surface area contributed by atoms with E-state index in [9.17, 15) is 14.7 Å². The number of carbonyl (C=O) groups excluding carboxylic acids is 1. The van der Waals surface area contributed by atoms with Crippen LogP contribution >= 0.6 is 0 Å². The van der Waals surface area contributed by atoms with Gasteiger partial charge in [0.15, 0.2) is 6.04 Å². The number of nitrogens with one attached hydrogen (secondary N) is 1. The van der Waals surface area contributed by atoms with E-state index in [0.29, 0.717) is 12.2 Å². The fourth-order valence-corrected chi connectivity index (χ4v) is 2.48. The summed E-state index contributed by atoms with van der Waals surface area (Å²) < 4.78 is 5.15. The highest BCUT2D eigenvalue weighted by molar-refractivity contribution is 6.07. The first kappa shape index (κ1) is 12.7. The quantitative estimate of drug-likeness (QED) is 0.859. The Morgan fingerprint density at radius 3 is 3.00 bits per heavy atom. The van der Waals surface area contributed by atoms with Crippen molar-refractivity contribution in [3.8, 4) is 0 Å². The maximum Gasteiger partial charge on any atom is 0.328 e. The zero-order valence-corrected chi connectivity index (χ0v) is 10.7. The second-order valence-corrected chi connectivity index (χ2v) is 4.67. The van der Waals surface area contributed by atoms with Gasteiger partial charge < -0.3 is 19.7 Å². The minimum Gasteiger partial charge on any atom is -0.480 e. The number of amides is 1. The Labute approximate surface area is 114 Å². The minimum atomic E-state index is -1.04. The number of carboxylic acids is 1. The Kier molecular flexibility index (Phi) is 3.15. The number of ether oxygens (including phenoxy) is 1. The van der Waals surface area contributed by atoms with Crippen molar-refractivity contribution in [2.45, 2.75) is 6.04 Å². The summed E-state index contributed by atoms with van der Waals surface area (Å²) in [6.45, 7) is 0.680. The summed E-state index contributed by atoms with van der Waals surface area (Å²) in [6.07, 6.45) is 1.76. The number of carboxylic acid groups (broad SMARTS) is 1. The second-order valence-electron chi connectivity index (χ2n) is 4.67. The van der Waals surface area contributed by atoms with Gasteiger partial charge in [0.25, 0.3) is 5.91 Å². The SMILES string of the molecule is O=C(O)[C@@H]1COCCN1C(=O)c1cccc2[nH]ccc12. The van der Waals surface area contributed by atoms with Gasteiger partial charge in [0, 0.05) is 29.2 Å². The zero-order chi connectivity index (χ0) is 14.1. The Morgan fingerprint density at radius 1 is 1.35 bits per heavy atom. The number of aromatic nitrogens is 1. The van der Waals surface area contributed by atoms with Crippen molar-refractivity contribution in [1.29, 1.82) is 0 Å². The molecular weight excluding hydrogens is 260 g/mol. The van der Waals surface area contributed by atoms with Crippen LogP contribution < -0.4 is 0 Å². The molecule has 1 amide bonds. The van der Waals surface area contributed by atoms with Gasteiger partial charge in [-0.25, -0.2) is 4.79 Å². The summed E-state index contributed by atoms with van der Waals surface area (Å²) in [5.74, 6) is -1.31. The van der Waals surface area contributed by atoms with E-state index in [0.717, 1.165) is 10.9 Å². The number of morpholine rings is 1. The van der Waals surface area contributed by atoms with Crippen LogP contribution in [0.3, 0.4) is 0 Å². The predicted octanol–water partition coefficient (Wildman–Crippen LogP) is 1.09. The number of rotatable bonds is 2. The molecule has 20 heavy (non-hydrogen) atoms. The molecular formula is C14H14N2O4. The molecule has 1 aliphatic heterocycles. The molecule has 1 saturated heterocycles. The fraction of sp³-hybridized carbons (Fsp3) is 0.286. The van der Waals surface area contributed by atoms with Crippen molar-refractivity contribution >= 4 is 22.8 Å². The molecule has 1 aliphatic rings. The average Bonchev–Trinajstić information content (AvgIpc) is 2.94. The van der Waals surface area contributed by atoms with E-state index in [1.807, 2.05) is 12.1 Å². The van der Waals surface area contributed by atoms with Crippen LogP contribution in [0.5, 0.6) is 0 Å². The Bertz CT molecular complexity index is 664. The highest BCUT2D eigenvalue weighted by Gasteiger charge is 2.33. The third-order valence-electron chi connectivity index (χ3n) is 3.50. The molecule has 1 aromatic carbocycles. The van der Waals surface area contributed by atoms with Gasteiger partial charge in [0.2, 0.25) is 0 Å². The van der Waals surface area contributed by atoms with Crippen LogP contribution in [-0.2, 0) is 9.53 Å². The van der Waals surface area contributed by atoms with E-state index in [1.54, 1.807) is 18.3 Å². The Balaban J connectivity index is 1.98. The van der Waals surface area contributed by atoms with Crippen LogP contribution in [0.25, 0.3) is 10.9 Å². The number of hydrogen-bond acceptors (Lipinski definition) is 3. The summed E-state index contributed by atoms with van der Waals surface area (Å²) in [4.78, 5) is 28.3. The van der Waals surface area contributed by atoms with Crippen molar-refractivity contribution in [3.05, 3.63) is 36.0 Å². The first-order valence-corrected chi connectivity index (χ1v) is 6.36. The number of fused-ring (bicyclic) bond motifs is 1. The summed E-state index contributed by atoms with van der Waals surface area (Å²) in [5, 5.41) is 10.00. The molecule has 0 saturated carbocycles. The molecule has 0 unspecified atom stereocenters. The summed E-state index contributed by atoms with van der Waals surface area (Å²) in [7, 11) is 0. The van der Waals surface area contributed by atoms with Gasteiger partial charge in [-0.2, -0.15) is 0 Å². The molecule has 6 nitrogen and oxygen atoms in total. The first-order chi connectivity index (χ1) is 9.68. The molecule has 3 rings (SSSR count). The third-order valence-corrected chi connectivity index (χ3v) is 3.50. The van der Waals surface area contributed by atoms with E-state index >= 15 is 0 Å². The monoisotopic (exact) mass is 274 g/mol. The van der Waals surface area contributed by atoms with E-state index in [4.69, 9.17) is 4.74 Å². The van der Waals surface area contributed by atoms with Gasteiger partial charge in [-0.15, -0.1) is 0 Å². The molecule has 2 aromatic rings. The standard InChI is InChI=1S/C14H14N2O4/c17-13(16-6-7-20-8-12(16)14(18)19)10-2-1-3-11-9(10)4-5-15-11/h1-5,12,15H,6-8H2,(H,18,19)/t12-/m0/s1. The highest BCUT2D eigenvalue weighted by Crippen LogP contribution is 2.21. The lowest BCUT2D eigenvalue weighted by Crippen LogP contribution is -2.52. The molecule has 2 heterocycles. The molecule has 1 aromatic heterocycles. The number of aromatic amines is 1. The normalized spacial score (nSPS) is 19.2. The number of nitrogens with zero attached hydrogens (tertiary/aromatic N) is 1. The number of benzene rings is 1. The number of aliphatic carboxylic acids is 1. The predicted molar refractivity (Wildman–Crippen MR) is 71.6 cm³/mol. The summed E-state index contributed by atoms with van der Waals surface area (Å²) in [5.41, 5.74) is 1.37. The lowest BCUT2D eigenvalue weighted by atomic mass is 10.1. The zero-order valence-electron chi connectivity index (χ0n) is 10.7. The average molecular weight is 274 g/mol. The van der Waals surface area contributed by atoms with Gasteiger partial charge in [0.05, 0.1) is 13.2 Å². The second kappa shape index (κ2) is 4.97. The van der Waals surface area contributed by atoms with Crippen molar-refractivity contribution < 1.29 is 19.4 Å². The molecule has 0 bridgehead atoms. The van der Waals surface area contributed by atoms with E-state index < -0.39 is 12.0 Å². The van der Waals surface area contributed by atoms with Crippen LogP contribution in [0.1, 0.15) is 10.4 Å². The van der Waals surface area contributed by atoms with Crippen LogP contribution in [0.2, 0.25) is 0 Å². The van der Waals surface area contributed by atoms with Crippen LogP contribution in [0.15, 0.2) is 30.5 Å². The Morgan fingerprint density at radius 2 is 2.20 bits per heavy atom. The molecule has 104 valence electrons. The van der Waals surface area contributed by atoms with Crippen LogP contribution in [0, 0.1) is 0 Å². The van der Waals surface area contributed by atoms with Gasteiger partial charge in [-0.3, -0.25) is 4.79 Å². The maximum absolute atomic E-state index is 12.6. The largest absolute Gasteiger partial charge is 0.480 e. The van der Waals surface area contributed by atoms with Crippen molar-refractivity contribution in [3.63, 3.8) is 0 Å². The van der Waals surface area contributed by atoms with Crippen molar-refractivity contribution in [2.24, 2.45) is 0 Å². The van der Waals surface area contributed by atoms with Gasteiger partial charge in [0.1, 0.15) is 0 Å². The molecule has 1 fully saturated rings. The maximum atomic E-state index is 12.6. The fourth-order valence-electron chi connectivity index (χ4n) is 2.48. The highest BCUT2D eigenvalue weighted by atomic mass is 16.5. The summed E-state index contributed by atoms with van der Waals surface area (Å²) in [6, 6.07) is 6.26. The lowest BCUT2D eigenvalue weighted by Gasteiger charge is -2.33. The lowest BCUT2D eigenvalue weighted by molar-refractivity contribution is -0.147. The molecule has 0 spiro atoms. The minimum absolute atomic E-state index is 0.0319. The van der Waals surface area contributed by atoms with Crippen molar-refractivity contribution in [1.82, 2.24) is 9.88 Å². The smallest absolute Gasteiger partial charge is 0.328 e. The van der Waals surface area contributed by atoms with Gasteiger partial charge >= 0.3 is 5.97 Å². The topological polar surface area (TPSA) is 82.6 Å². The van der Waals surface area contributed by atoms with Gasteiger partial charge in [-0.1, -0.05) is 6.07 Å². The summed E-state index contributed by atoms with van der Waals surface area (Å²) >= 11 is 0. The molecule has 1 atom stereocenters. The van der Waals surface area contributed by atoms with Crippen LogP contribution in [-0.4, -0.2) is 52.7 Å². The number of hydrogen-bond donors (Lipinski definition) is 2. The van der Waals surface area contributed by atoms with E-state index in [1.165, 1.54) is 4.90 Å². The number of carbonyl (C=O) groups is 2.